The van der Waals surface area contributed by atoms with E-state index in [-0.39, 0.29) is 23.1 Å². The molecular weight excluding hydrogens is 376 g/mol. The Morgan fingerprint density at radius 2 is 1.77 bits per heavy atom. The molecule has 2 rings (SSSR count). The number of sulfonamides is 1. The van der Waals surface area contributed by atoms with Crippen LogP contribution in [0.1, 0.15) is 26.5 Å². The summed E-state index contributed by atoms with van der Waals surface area (Å²) in [6.07, 6.45) is 0.0266. The zero-order valence-corrected chi connectivity index (χ0v) is 16.2. The highest BCUT2D eigenvalue weighted by Gasteiger charge is 2.22. The van der Waals surface area contributed by atoms with Crippen molar-refractivity contribution in [3.05, 3.63) is 35.3 Å². The number of nitrogens with one attached hydrogen (secondary N) is 2. The van der Waals surface area contributed by atoms with Crippen LogP contribution in [0.5, 0.6) is 0 Å². The number of benzene rings is 1. The molecule has 0 unspecified atom stereocenters. The summed E-state index contributed by atoms with van der Waals surface area (Å²) in [6.45, 7) is 5.39. The lowest BCUT2D eigenvalue weighted by Crippen LogP contribution is -2.27. The summed E-state index contributed by atoms with van der Waals surface area (Å²) in [4.78, 5) is 28.2. The minimum atomic E-state index is -3.77. The van der Waals surface area contributed by atoms with Gasteiger partial charge in [-0.2, -0.15) is 0 Å². The van der Waals surface area contributed by atoms with Gasteiger partial charge in [-0.15, -0.1) is 11.3 Å². The maximum absolute atomic E-state index is 12.1. The van der Waals surface area contributed by atoms with Crippen LogP contribution in [0.15, 0.2) is 34.5 Å². The van der Waals surface area contributed by atoms with Crippen LogP contribution in [-0.2, 0) is 26.0 Å². The van der Waals surface area contributed by atoms with E-state index in [1.165, 1.54) is 35.6 Å². The smallest absolute Gasteiger partial charge is 0.238 e. The van der Waals surface area contributed by atoms with Gasteiger partial charge in [-0.25, -0.2) is 18.5 Å². The molecule has 0 saturated heterocycles. The number of primary sulfonamides is 1. The highest BCUT2D eigenvalue weighted by molar-refractivity contribution is 7.89. The molecule has 1 aromatic carbocycles. The summed E-state index contributed by atoms with van der Waals surface area (Å²) < 4.78 is 22.4. The normalized spacial score (nSPS) is 11.8. The van der Waals surface area contributed by atoms with Crippen LogP contribution in [0.2, 0.25) is 0 Å². The highest BCUT2D eigenvalue weighted by atomic mass is 32.2. The van der Waals surface area contributed by atoms with Crippen LogP contribution in [0.25, 0.3) is 0 Å². The number of nitrogens with zero attached hydrogens (tertiary/aromatic N) is 1. The minimum absolute atomic E-state index is 0.0266. The van der Waals surface area contributed by atoms with Gasteiger partial charge in [0.05, 0.1) is 17.0 Å². The number of aromatic nitrogens is 1. The van der Waals surface area contributed by atoms with Crippen molar-refractivity contribution in [3.8, 4) is 0 Å². The fourth-order valence-electron chi connectivity index (χ4n) is 1.83. The van der Waals surface area contributed by atoms with Crippen LogP contribution >= 0.6 is 11.3 Å². The predicted molar refractivity (Wildman–Crippen MR) is 100 cm³/mol. The third-order valence-corrected chi connectivity index (χ3v) is 5.00. The minimum Gasteiger partial charge on any atom is -0.326 e. The van der Waals surface area contributed by atoms with Crippen LogP contribution in [-0.4, -0.2) is 25.2 Å². The topological polar surface area (TPSA) is 131 Å². The fourth-order valence-corrected chi connectivity index (χ4v) is 3.05. The zero-order valence-electron chi connectivity index (χ0n) is 14.6. The standard InChI is InChI=1S/C16H20N4O4S2/c1-16(2,3)14(22)20-15-19-11(9-25-15)8-13(21)18-10-4-6-12(7-5-10)26(17,23)24/h4-7,9H,8H2,1-3H3,(H,18,21)(H2,17,23,24)(H,19,20,22). The molecule has 4 N–H and O–H groups in total. The van der Waals surface area contributed by atoms with E-state index in [9.17, 15) is 18.0 Å². The Labute approximate surface area is 155 Å². The second-order valence-corrected chi connectivity index (χ2v) is 9.06. The number of anilines is 2. The fraction of sp³-hybridized carbons (Fsp3) is 0.312. The van der Waals surface area contributed by atoms with E-state index < -0.39 is 15.4 Å². The van der Waals surface area contributed by atoms with Crippen molar-refractivity contribution in [1.82, 2.24) is 4.98 Å². The Kier molecular flexibility index (Phi) is 5.79. The molecule has 0 aliphatic carbocycles. The SMILES string of the molecule is CC(C)(C)C(=O)Nc1nc(CC(=O)Nc2ccc(S(N)(=O)=O)cc2)cs1. The number of hydrogen-bond acceptors (Lipinski definition) is 6. The first-order valence-electron chi connectivity index (χ1n) is 7.64. The quantitative estimate of drug-likeness (QED) is 0.711. The van der Waals surface area contributed by atoms with Gasteiger partial charge in [0.25, 0.3) is 0 Å². The molecule has 2 amide bonds. The molecule has 0 spiro atoms. The van der Waals surface area contributed by atoms with E-state index >= 15 is 0 Å². The van der Waals surface area contributed by atoms with Gasteiger partial charge in [0, 0.05) is 16.5 Å². The van der Waals surface area contributed by atoms with Gasteiger partial charge in [0.1, 0.15) is 0 Å². The monoisotopic (exact) mass is 396 g/mol. The summed E-state index contributed by atoms with van der Waals surface area (Å²) in [7, 11) is -3.77. The first-order chi connectivity index (χ1) is 11.9. The van der Waals surface area contributed by atoms with Gasteiger partial charge in [0.15, 0.2) is 5.13 Å². The van der Waals surface area contributed by atoms with E-state index in [0.717, 1.165) is 0 Å². The number of thiazole rings is 1. The lowest BCUT2D eigenvalue weighted by Gasteiger charge is -2.15. The Hall–Kier alpha value is -2.30. The van der Waals surface area contributed by atoms with Crippen molar-refractivity contribution in [3.63, 3.8) is 0 Å². The summed E-state index contributed by atoms with van der Waals surface area (Å²) in [5, 5.41) is 12.5. The molecule has 0 atom stereocenters. The molecule has 0 saturated carbocycles. The van der Waals surface area contributed by atoms with Gasteiger partial charge in [-0.1, -0.05) is 20.8 Å². The van der Waals surface area contributed by atoms with Gasteiger partial charge in [-0.05, 0) is 24.3 Å². The Morgan fingerprint density at radius 3 is 2.31 bits per heavy atom. The van der Waals surface area contributed by atoms with E-state index in [1.807, 2.05) is 0 Å². The highest BCUT2D eigenvalue weighted by Crippen LogP contribution is 2.21. The number of carbonyl (C=O) groups is 2. The zero-order chi connectivity index (χ0) is 19.5. The first-order valence-corrected chi connectivity index (χ1v) is 10.1. The predicted octanol–water partition coefficient (Wildman–Crippen LogP) is 1.96. The largest absolute Gasteiger partial charge is 0.326 e. The number of rotatable bonds is 5. The molecule has 1 aromatic heterocycles. The van der Waals surface area contributed by atoms with Crippen molar-refractivity contribution in [2.24, 2.45) is 10.6 Å². The number of carbonyl (C=O) groups excluding carboxylic acids is 2. The molecule has 0 bridgehead atoms. The van der Waals surface area contributed by atoms with Crippen LogP contribution in [0.3, 0.4) is 0 Å². The number of amides is 2. The summed E-state index contributed by atoms with van der Waals surface area (Å²) in [5.74, 6) is -0.467. The summed E-state index contributed by atoms with van der Waals surface area (Å²) >= 11 is 1.24. The lowest BCUT2D eigenvalue weighted by molar-refractivity contribution is -0.123. The van der Waals surface area contributed by atoms with Crippen molar-refractivity contribution in [1.29, 1.82) is 0 Å². The molecule has 10 heteroatoms. The lowest BCUT2D eigenvalue weighted by atomic mass is 9.96. The average molecular weight is 396 g/mol. The maximum Gasteiger partial charge on any atom is 0.238 e. The van der Waals surface area contributed by atoms with Crippen LogP contribution < -0.4 is 15.8 Å². The van der Waals surface area contributed by atoms with Crippen molar-refractivity contribution >= 4 is 44.0 Å². The number of hydrogen-bond donors (Lipinski definition) is 3. The third kappa shape index (κ3) is 5.61. The van der Waals surface area contributed by atoms with Crippen LogP contribution in [0.4, 0.5) is 10.8 Å². The van der Waals surface area contributed by atoms with Crippen molar-refractivity contribution in [2.75, 3.05) is 10.6 Å². The molecule has 1 heterocycles. The van der Waals surface area contributed by atoms with E-state index in [1.54, 1.807) is 26.2 Å². The molecule has 2 aromatic rings. The van der Waals surface area contributed by atoms with Gasteiger partial charge in [0.2, 0.25) is 21.8 Å². The Balaban J connectivity index is 1.95. The van der Waals surface area contributed by atoms with E-state index in [2.05, 4.69) is 15.6 Å². The average Bonchev–Trinajstić information content (AvgIpc) is 2.92. The van der Waals surface area contributed by atoms with Crippen molar-refractivity contribution in [2.45, 2.75) is 32.1 Å². The molecule has 140 valence electrons. The van der Waals surface area contributed by atoms with Gasteiger partial charge in [-0.3, -0.25) is 9.59 Å². The Bertz CT molecular complexity index is 912. The molecule has 0 aliphatic heterocycles. The van der Waals surface area contributed by atoms with Gasteiger partial charge < -0.3 is 10.6 Å². The molecule has 8 nitrogen and oxygen atoms in total. The molecule has 26 heavy (non-hydrogen) atoms. The second kappa shape index (κ2) is 7.52. The first kappa shape index (κ1) is 20.0. The number of nitrogens with two attached hydrogens (primary N) is 1. The summed E-state index contributed by atoms with van der Waals surface area (Å²) in [6, 6.07) is 5.53. The van der Waals surface area contributed by atoms with Gasteiger partial charge >= 0.3 is 0 Å². The molecule has 0 fully saturated rings. The molecule has 0 aliphatic rings. The van der Waals surface area contributed by atoms with E-state index in [0.29, 0.717) is 16.5 Å². The molecule has 0 radical (unpaired) electrons. The molecular formula is C16H20N4O4S2. The van der Waals surface area contributed by atoms with E-state index in [4.69, 9.17) is 5.14 Å². The Morgan fingerprint density at radius 1 is 1.15 bits per heavy atom. The second-order valence-electron chi connectivity index (χ2n) is 6.64. The summed E-state index contributed by atoms with van der Waals surface area (Å²) in [5.41, 5.74) is 0.434. The third-order valence-electron chi connectivity index (χ3n) is 3.26. The maximum atomic E-state index is 12.1. The van der Waals surface area contributed by atoms with Crippen LogP contribution in [0, 0.1) is 5.41 Å². The van der Waals surface area contributed by atoms with Crippen molar-refractivity contribution < 1.29 is 18.0 Å².